The van der Waals surface area contributed by atoms with E-state index in [2.05, 4.69) is 11.6 Å². The van der Waals surface area contributed by atoms with Gasteiger partial charge in [0.25, 0.3) is 0 Å². The van der Waals surface area contributed by atoms with Crippen molar-refractivity contribution in [3.8, 4) is 0 Å². The maximum atomic E-state index is 8.54. The van der Waals surface area contributed by atoms with Crippen LogP contribution in [-0.4, -0.2) is 36.8 Å². The van der Waals surface area contributed by atoms with Crippen LogP contribution in [0.5, 0.6) is 0 Å². The molecule has 0 saturated carbocycles. The molecular weight excluding hydrogens is 182 g/mol. The molecule has 0 aliphatic carbocycles. The molecule has 0 aliphatic heterocycles. The number of aliphatic hydroxyl groups excluding tert-OH is 1. The summed E-state index contributed by atoms with van der Waals surface area (Å²) >= 11 is 1.92. The van der Waals surface area contributed by atoms with Crippen molar-refractivity contribution in [3.05, 3.63) is 0 Å². The second kappa shape index (κ2) is 12.3. The highest BCUT2D eigenvalue weighted by molar-refractivity contribution is 7.98. The molecule has 0 spiro atoms. The van der Waals surface area contributed by atoms with E-state index in [9.17, 15) is 0 Å². The summed E-state index contributed by atoms with van der Waals surface area (Å²) in [6.45, 7) is 2.60. The number of unbranched alkanes of at least 4 members (excludes halogenated alkanes) is 3. The van der Waals surface area contributed by atoms with Crippen molar-refractivity contribution >= 4 is 11.8 Å². The number of thioether (sulfide) groups is 1. The average molecular weight is 205 g/mol. The van der Waals surface area contributed by atoms with Crippen molar-refractivity contribution < 1.29 is 5.11 Å². The molecule has 0 fully saturated rings. The van der Waals surface area contributed by atoms with Crippen LogP contribution in [0.2, 0.25) is 0 Å². The van der Waals surface area contributed by atoms with Crippen LogP contribution in [0, 0.1) is 0 Å². The molecule has 0 heterocycles. The third-order valence-corrected chi connectivity index (χ3v) is 2.66. The fourth-order valence-electron chi connectivity index (χ4n) is 1.16. The van der Waals surface area contributed by atoms with Gasteiger partial charge in [0, 0.05) is 6.61 Å². The zero-order chi connectivity index (χ0) is 9.78. The molecular formula is C10H23NOS. The second-order valence-electron chi connectivity index (χ2n) is 3.23. The van der Waals surface area contributed by atoms with Crippen LogP contribution in [0.4, 0.5) is 0 Å². The van der Waals surface area contributed by atoms with Crippen LogP contribution in [0.25, 0.3) is 0 Å². The van der Waals surface area contributed by atoms with Gasteiger partial charge in [-0.15, -0.1) is 0 Å². The quantitative estimate of drug-likeness (QED) is 0.534. The summed E-state index contributed by atoms with van der Waals surface area (Å²) in [6, 6.07) is 0. The Hall–Kier alpha value is 0.270. The van der Waals surface area contributed by atoms with Gasteiger partial charge in [-0.25, -0.2) is 0 Å². The van der Waals surface area contributed by atoms with E-state index >= 15 is 0 Å². The van der Waals surface area contributed by atoms with Gasteiger partial charge in [-0.3, -0.25) is 0 Å². The smallest absolute Gasteiger partial charge is 0.0431 e. The summed E-state index contributed by atoms with van der Waals surface area (Å²) in [5, 5.41) is 12.0. The van der Waals surface area contributed by atoms with Gasteiger partial charge < -0.3 is 10.4 Å². The van der Waals surface area contributed by atoms with Gasteiger partial charge in [0.05, 0.1) is 0 Å². The van der Waals surface area contributed by atoms with E-state index in [4.69, 9.17) is 5.11 Å². The number of hydrogen-bond donors (Lipinski definition) is 2. The van der Waals surface area contributed by atoms with Crippen LogP contribution in [0.3, 0.4) is 0 Å². The Labute approximate surface area is 86.5 Å². The minimum atomic E-state index is 0.341. The summed E-state index contributed by atoms with van der Waals surface area (Å²) in [7, 11) is 0. The molecule has 0 aromatic heterocycles. The predicted molar refractivity (Wildman–Crippen MR) is 61.4 cm³/mol. The maximum Gasteiger partial charge on any atom is 0.0431 e. The molecule has 0 bridgehead atoms. The summed E-state index contributed by atoms with van der Waals surface area (Å²) in [5.41, 5.74) is 0. The molecule has 0 rings (SSSR count). The topological polar surface area (TPSA) is 32.3 Å². The number of hydrogen-bond acceptors (Lipinski definition) is 3. The van der Waals surface area contributed by atoms with Crippen LogP contribution in [0.1, 0.15) is 32.1 Å². The van der Waals surface area contributed by atoms with Crippen molar-refractivity contribution in [1.29, 1.82) is 0 Å². The van der Waals surface area contributed by atoms with Gasteiger partial charge >= 0.3 is 0 Å². The molecule has 0 aromatic carbocycles. The van der Waals surface area contributed by atoms with E-state index < -0.39 is 0 Å². The Morgan fingerprint density at radius 2 is 1.69 bits per heavy atom. The molecule has 0 radical (unpaired) electrons. The monoisotopic (exact) mass is 205 g/mol. The van der Waals surface area contributed by atoms with E-state index in [-0.39, 0.29) is 0 Å². The average Bonchev–Trinajstić information content (AvgIpc) is 2.16. The Kier molecular flexibility index (Phi) is 12.5. The largest absolute Gasteiger partial charge is 0.396 e. The van der Waals surface area contributed by atoms with Crippen molar-refractivity contribution in [3.63, 3.8) is 0 Å². The highest BCUT2D eigenvalue weighted by Crippen LogP contribution is 1.98. The standard InChI is InChI=1S/C10H23NOS/c1-13-10-6-4-8-11-7-3-2-5-9-12/h11-12H,2-10H2,1H3. The molecule has 0 unspecified atom stereocenters. The van der Waals surface area contributed by atoms with E-state index in [1.54, 1.807) is 0 Å². The lowest BCUT2D eigenvalue weighted by atomic mass is 10.2. The number of nitrogens with one attached hydrogen (secondary N) is 1. The first-order chi connectivity index (χ1) is 6.41. The van der Waals surface area contributed by atoms with Gasteiger partial charge in [-0.1, -0.05) is 0 Å². The highest BCUT2D eigenvalue weighted by Gasteiger charge is 1.89. The molecule has 0 aliphatic rings. The van der Waals surface area contributed by atoms with Crippen molar-refractivity contribution in [1.82, 2.24) is 5.32 Å². The van der Waals surface area contributed by atoms with Crippen LogP contribution < -0.4 is 5.32 Å². The predicted octanol–water partition coefficient (Wildman–Crippen LogP) is 1.88. The molecule has 2 N–H and O–H groups in total. The Morgan fingerprint density at radius 1 is 1.00 bits per heavy atom. The normalized spacial score (nSPS) is 10.6. The van der Waals surface area contributed by atoms with Gasteiger partial charge in [0.15, 0.2) is 0 Å². The molecule has 0 saturated heterocycles. The Morgan fingerprint density at radius 3 is 2.31 bits per heavy atom. The third kappa shape index (κ3) is 12.3. The minimum Gasteiger partial charge on any atom is -0.396 e. The first-order valence-electron chi connectivity index (χ1n) is 5.22. The molecule has 2 nitrogen and oxygen atoms in total. The van der Waals surface area contributed by atoms with Crippen molar-refractivity contribution in [2.45, 2.75) is 32.1 Å². The van der Waals surface area contributed by atoms with E-state index in [0.29, 0.717) is 6.61 Å². The zero-order valence-corrected chi connectivity index (χ0v) is 9.54. The molecule has 80 valence electrons. The SMILES string of the molecule is CSCCCCNCCCCCO. The number of rotatable bonds is 10. The molecule has 0 amide bonds. The summed E-state index contributed by atoms with van der Waals surface area (Å²) < 4.78 is 0. The lowest BCUT2D eigenvalue weighted by Gasteiger charge is -2.03. The van der Waals surface area contributed by atoms with Crippen molar-refractivity contribution in [2.24, 2.45) is 0 Å². The Bertz CT molecular complexity index is 81.0. The maximum absolute atomic E-state index is 8.54. The van der Waals surface area contributed by atoms with E-state index in [0.717, 1.165) is 25.9 Å². The van der Waals surface area contributed by atoms with Crippen LogP contribution in [0.15, 0.2) is 0 Å². The van der Waals surface area contributed by atoms with Gasteiger partial charge in [-0.2, -0.15) is 11.8 Å². The lowest BCUT2D eigenvalue weighted by molar-refractivity contribution is 0.283. The van der Waals surface area contributed by atoms with Crippen LogP contribution >= 0.6 is 11.8 Å². The van der Waals surface area contributed by atoms with Gasteiger partial charge in [0.2, 0.25) is 0 Å². The van der Waals surface area contributed by atoms with Gasteiger partial charge in [-0.05, 0) is 57.2 Å². The third-order valence-electron chi connectivity index (χ3n) is 1.96. The van der Waals surface area contributed by atoms with Gasteiger partial charge in [0.1, 0.15) is 0 Å². The highest BCUT2D eigenvalue weighted by atomic mass is 32.2. The molecule has 0 aromatic rings. The fraction of sp³-hybridized carbons (Fsp3) is 1.00. The zero-order valence-electron chi connectivity index (χ0n) is 8.72. The summed E-state index contributed by atoms with van der Waals surface area (Å²) in [4.78, 5) is 0. The molecule has 3 heteroatoms. The fourth-order valence-corrected chi connectivity index (χ4v) is 1.65. The lowest BCUT2D eigenvalue weighted by Crippen LogP contribution is -2.16. The minimum absolute atomic E-state index is 0.341. The molecule has 13 heavy (non-hydrogen) atoms. The van der Waals surface area contributed by atoms with Crippen LogP contribution in [-0.2, 0) is 0 Å². The summed E-state index contributed by atoms with van der Waals surface area (Å²) in [6.07, 6.45) is 8.07. The van der Waals surface area contributed by atoms with E-state index in [1.165, 1.54) is 25.0 Å². The molecule has 0 atom stereocenters. The first-order valence-corrected chi connectivity index (χ1v) is 6.61. The Balaban J connectivity index is 2.76. The second-order valence-corrected chi connectivity index (χ2v) is 4.22. The van der Waals surface area contributed by atoms with E-state index in [1.807, 2.05) is 11.8 Å². The summed E-state index contributed by atoms with van der Waals surface area (Å²) in [5.74, 6) is 1.28. The van der Waals surface area contributed by atoms with Crippen molar-refractivity contribution in [2.75, 3.05) is 31.7 Å². The number of aliphatic hydroxyl groups is 1. The first kappa shape index (κ1) is 13.3.